The smallest absolute Gasteiger partial charge is 0.129 e. The minimum atomic E-state index is 0.393. The van der Waals surface area contributed by atoms with Crippen LogP contribution < -0.4 is 10.1 Å². The summed E-state index contributed by atoms with van der Waals surface area (Å²) in [5, 5.41) is 5.60. The van der Waals surface area contributed by atoms with Crippen molar-refractivity contribution in [1.82, 2.24) is 5.32 Å². The van der Waals surface area contributed by atoms with Gasteiger partial charge in [0.2, 0.25) is 0 Å². The Balaban J connectivity index is 2.69. The first-order valence-corrected chi connectivity index (χ1v) is 6.95. The average molecular weight is 257 g/mol. The molecule has 98 valence electrons. The highest BCUT2D eigenvalue weighted by molar-refractivity contribution is 7.10. The second-order valence-electron chi connectivity index (χ2n) is 4.18. The van der Waals surface area contributed by atoms with Gasteiger partial charge in [-0.25, -0.2) is 0 Å². The zero-order valence-corrected chi connectivity index (χ0v) is 12.0. The molecule has 0 bridgehead atoms. The Bertz CT molecular complexity index is 314. The van der Waals surface area contributed by atoms with Gasteiger partial charge in [-0.3, -0.25) is 0 Å². The van der Waals surface area contributed by atoms with Crippen LogP contribution in [0.15, 0.2) is 11.4 Å². The minimum absolute atomic E-state index is 0.393. The summed E-state index contributed by atoms with van der Waals surface area (Å²) < 4.78 is 10.4. The summed E-state index contributed by atoms with van der Waals surface area (Å²) in [6.45, 7) is 6.19. The molecular formula is C13H23NO2S. The highest BCUT2D eigenvalue weighted by atomic mass is 32.1. The van der Waals surface area contributed by atoms with Crippen LogP contribution in [0.5, 0.6) is 5.75 Å². The van der Waals surface area contributed by atoms with Gasteiger partial charge in [0.25, 0.3) is 0 Å². The summed E-state index contributed by atoms with van der Waals surface area (Å²) in [6, 6.07) is 2.52. The zero-order valence-electron chi connectivity index (χ0n) is 11.2. The van der Waals surface area contributed by atoms with Gasteiger partial charge in [0, 0.05) is 30.0 Å². The van der Waals surface area contributed by atoms with E-state index in [1.54, 1.807) is 25.6 Å². The van der Waals surface area contributed by atoms with Gasteiger partial charge in [-0.1, -0.05) is 13.8 Å². The molecule has 1 heterocycles. The number of hydrogen-bond acceptors (Lipinski definition) is 4. The van der Waals surface area contributed by atoms with Crippen LogP contribution in [-0.4, -0.2) is 27.4 Å². The predicted molar refractivity (Wildman–Crippen MR) is 72.9 cm³/mol. The van der Waals surface area contributed by atoms with E-state index in [4.69, 9.17) is 9.47 Å². The molecule has 17 heavy (non-hydrogen) atoms. The van der Waals surface area contributed by atoms with E-state index in [9.17, 15) is 0 Å². The highest BCUT2D eigenvalue weighted by Crippen LogP contribution is 2.32. The molecule has 0 aliphatic carbocycles. The Morgan fingerprint density at radius 3 is 2.71 bits per heavy atom. The van der Waals surface area contributed by atoms with Crippen molar-refractivity contribution in [1.29, 1.82) is 0 Å². The van der Waals surface area contributed by atoms with Crippen LogP contribution in [0.4, 0.5) is 0 Å². The van der Waals surface area contributed by atoms with Gasteiger partial charge in [-0.15, -0.1) is 11.3 Å². The third-order valence-electron chi connectivity index (χ3n) is 2.91. The molecule has 2 atom stereocenters. The third kappa shape index (κ3) is 4.30. The van der Waals surface area contributed by atoms with Crippen molar-refractivity contribution >= 4 is 11.3 Å². The van der Waals surface area contributed by atoms with Crippen molar-refractivity contribution < 1.29 is 9.47 Å². The molecule has 3 nitrogen and oxygen atoms in total. The largest absolute Gasteiger partial charge is 0.496 e. The molecule has 1 aromatic rings. The zero-order chi connectivity index (χ0) is 12.7. The lowest BCUT2D eigenvalue weighted by Crippen LogP contribution is -2.26. The first kappa shape index (κ1) is 14.5. The number of nitrogens with one attached hydrogen (secondary N) is 1. The lowest BCUT2D eigenvalue weighted by Gasteiger charge is -2.23. The highest BCUT2D eigenvalue weighted by Gasteiger charge is 2.20. The van der Waals surface area contributed by atoms with E-state index in [-0.39, 0.29) is 0 Å². The van der Waals surface area contributed by atoms with Gasteiger partial charge in [0.1, 0.15) is 5.75 Å². The third-order valence-corrected chi connectivity index (χ3v) is 3.90. The maximum Gasteiger partial charge on any atom is 0.129 e. The van der Waals surface area contributed by atoms with Gasteiger partial charge < -0.3 is 14.8 Å². The van der Waals surface area contributed by atoms with Crippen molar-refractivity contribution in [2.45, 2.75) is 26.3 Å². The van der Waals surface area contributed by atoms with E-state index in [0.717, 1.165) is 25.3 Å². The van der Waals surface area contributed by atoms with Gasteiger partial charge >= 0.3 is 0 Å². The van der Waals surface area contributed by atoms with Crippen molar-refractivity contribution in [3.63, 3.8) is 0 Å². The molecule has 4 heteroatoms. The number of ether oxygens (including phenoxy) is 2. The number of thiophene rings is 1. The molecule has 0 spiro atoms. The van der Waals surface area contributed by atoms with E-state index in [1.807, 2.05) is 0 Å². The van der Waals surface area contributed by atoms with Crippen molar-refractivity contribution in [2.75, 3.05) is 27.4 Å². The summed E-state index contributed by atoms with van der Waals surface area (Å²) in [5.74, 6) is 1.50. The van der Waals surface area contributed by atoms with E-state index < -0.39 is 0 Å². The number of hydrogen-bond donors (Lipinski definition) is 1. The van der Waals surface area contributed by atoms with E-state index in [0.29, 0.717) is 12.0 Å². The Morgan fingerprint density at radius 2 is 2.18 bits per heavy atom. The van der Waals surface area contributed by atoms with Crippen LogP contribution in [0.1, 0.15) is 31.2 Å². The molecular weight excluding hydrogens is 234 g/mol. The molecule has 0 fully saturated rings. The molecule has 0 saturated carbocycles. The molecule has 0 aliphatic rings. The second kappa shape index (κ2) is 7.69. The maximum absolute atomic E-state index is 5.24. The van der Waals surface area contributed by atoms with Crippen LogP contribution in [0.3, 0.4) is 0 Å². The van der Waals surface area contributed by atoms with E-state index in [1.165, 1.54) is 4.88 Å². The quantitative estimate of drug-likeness (QED) is 0.776. The molecule has 1 aromatic heterocycles. The summed E-state index contributed by atoms with van der Waals surface area (Å²) >= 11 is 1.76. The minimum Gasteiger partial charge on any atom is -0.496 e. The van der Waals surface area contributed by atoms with Gasteiger partial charge in [-0.05, 0) is 24.9 Å². The Morgan fingerprint density at radius 1 is 1.41 bits per heavy atom. The predicted octanol–water partition coefficient (Wildman–Crippen LogP) is 3.08. The van der Waals surface area contributed by atoms with Gasteiger partial charge in [-0.2, -0.15) is 0 Å². The van der Waals surface area contributed by atoms with Gasteiger partial charge in [0.15, 0.2) is 0 Å². The van der Waals surface area contributed by atoms with Crippen LogP contribution >= 0.6 is 11.3 Å². The monoisotopic (exact) mass is 257 g/mol. The van der Waals surface area contributed by atoms with Crippen molar-refractivity contribution in [3.05, 3.63) is 16.3 Å². The fraction of sp³-hybridized carbons (Fsp3) is 0.692. The maximum atomic E-state index is 5.24. The van der Waals surface area contributed by atoms with Crippen LogP contribution in [0.2, 0.25) is 0 Å². The Hall–Kier alpha value is -0.580. The van der Waals surface area contributed by atoms with E-state index >= 15 is 0 Å². The molecule has 0 radical (unpaired) electrons. The average Bonchev–Trinajstić information content (AvgIpc) is 2.81. The summed E-state index contributed by atoms with van der Waals surface area (Å²) in [5.41, 5.74) is 0. The van der Waals surface area contributed by atoms with Crippen molar-refractivity contribution in [2.24, 2.45) is 5.92 Å². The topological polar surface area (TPSA) is 30.5 Å². The normalized spacial score (nSPS) is 14.6. The lowest BCUT2D eigenvalue weighted by molar-refractivity contribution is 0.171. The standard InChI is InChI=1S/C13H23NO2S/c1-5-14-13(10(2)6-7-15-3)12-8-11(16-4)9-17-12/h8-10,13-14H,5-7H2,1-4H3. The number of methoxy groups -OCH3 is 2. The fourth-order valence-corrected chi connectivity index (χ4v) is 2.94. The lowest BCUT2D eigenvalue weighted by atomic mass is 9.97. The molecule has 0 saturated heterocycles. The molecule has 1 rings (SSSR count). The van der Waals surface area contributed by atoms with E-state index in [2.05, 4.69) is 30.6 Å². The molecule has 1 N–H and O–H groups in total. The van der Waals surface area contributed by atoms with Gasteiger partial charge in [0.05, 0.1) is 7.11 Å². The first-order valence-electron chi connectivity index (χ1n) is 6.07. The number of rotatable bonds is 8. The Labute approximate surface area is 108 Å². The van der Waals surface area contributed by atoms with Crippen molar-refractivity contribution in [3.8, 4) is 5.75 Å². The van der Waals surface area contributed by atoms with Crippen LogP contribution in [0.25, 0.3) is 0 Å². The molecule has 0 aromatic carbocycles. The van der Waals surface area contributed by atoms with Crippen LogP contribution in [0, 0.1) is 5.92 Å². The summed E-state index contributed by atoms with van der Waals surface area (Å²) in [7, 11) is 3.46. The molecule has 0 amide bonds. The Kier molecular flexibility index (Phi) is 6.55. The fourth-order valence-electron chi connectivity index (χ4n) is 1.88. The molecule has 0 aliphatic heterocycles. The summed E-state index contributed by atoms with van der Waals surface area (Å²) in [6.07, 6.45) is 1.06. The summed E-state index contributed by atoms with van der Waals surface area (Å²) in [4.78, 5) is 1.34. The SMILES string of the molecule is CCNC(c1cc(OC)cs1)C(C)CCOC. The molecule has 2 unspecified atom stereocenters. The second-order valence-corrected chi connectivity index (χ2v) is 5.13. The van der Waals surface area contributed by atoms with Crippen LogP contribution in [-0.2, 0) is 4.74 Å². The first-order chi connectivity index (χ1) is 8.22.